The summed E-state index contributed by atoms with van der Waals surface area (Å²) in [6.07, 6.45) is 0.456. The zero-order chi connectivity index (χ0) is 16.6. The van der Waals surface area contributed by atoms with E-state index in [0.29, 0.717) is 17.6 Å². The maximum atomic E-state index is 12.0. The molecule has 2 heterocycles. The largest absolute Gasteiger partial charge is 0.334 e. The molecule has 0 radical (unpaired) electrons. The maximum absolute atomic E-state index is 12.0. The topological polar surface area (TPSA) is 101 Å². The number of nitrogens with zero attached hydrogens (tertiary/aromatic N) is 2. The molecule has 3 rings (SSSR count). The van der Waals surface area contributed by atoms with Gasteiger partial charge in [0.15, 0.2) is 9.84 Å². The molecule has 7 nitrogen and oxygen atoms in total. The number of hydrogen-bond acceptors (Lipinski definition) is 5. The summed E-state index contributed by atoms with van der Waals surface area (Å²) in [6, 6.07) is 4.55. The monoisotopic (exact) mass is 334 g/mol. The Morgan fingerprint density at radius 1 is 1.17 bits per heavy atom. The highest BCUT2D eigenvalue weighted by molar-refractivity contribution is 7.91. The van der Waals surface area contributed by atoms with E-state index in [1.165, 1.54) is 0 Å². The summed E-state index contributed by atoms with van der Waals surface area (Å²) in [5, 5.41) is 5.40. The van der Waals surface area contributed by atoms with Gasteiger partial charge in [-0.1, -0.05) is 0 Å². The average Bonchev–Trinajstić information content (AvgIpc) is 2.79. The fourth-order valence-corrected chi connectivity index (χ4v) is 4.24. The van der Waals surface area contributed by atoms with E-state index in [0.717, 1.165) is 16.9 Å². The lowest BCUT2D eigenvalue weighted by molar-refractivity contribution is 0.249. The molecule has 2 aromatic rings. The van der Waals surface area contributed by atoms with E-state index in [-0.39, 0.29) is 17.5 Å². The molecular weight excluding hydrogens is 316 g/mol. The Kier molecular flexibility index (Phi) is 3.93. The van der Waals surface area contributed by atoms with E-state index < -0.39 is 15.9 Å². The normalized spacial score (nSPS) is 19.7. The molecule has 2 amide bonds. The van der Waals surface area contributed by atoms with Gasteiger partial charge in [0.2, 0.25) is 0 Å². The highest BCUT2D eigenvalue weighted by Crippen LogP contribution is 2.18. The van der Waals surface area contributed by atoms with E-state index in [4.69, 9.17) is 0 Å². The lowest BCUT2D eigenvalue weighted by Crippen LogP contribution is -2.38. The van der Waals surface area contributed by atoms with Gasteiger partial charge in [0.25, 0.3) is 0 Å². The molecule has 23 heavy (non-hydrogen) atoms. The van der Waals surface area contributed by atoms with E-state index in [9.17, 15) is 13.2 Å². The third-order valence-corrected chi connectivity index (χ3v) is 5.67. The summed E-state index contributed by atoms with van der Waals surface area (Å²) in [7, 11) is -3.01. The van der Waals surface area contributed by atoms with Gasteiger partial charge in [0, 0.05) is 11.7 Å². The van der Waals surface area contributed by atoms with Gasteiger partial charge >= 0.3 is 6.03 Å². The number of fused-ring (bicyclic) bond motifs is 1. The lowest BCUT2D eigenvalue weighted by atomic mass is 10.2. The van der Waals surface area contributed by atoms with Gasteiger partial charge in [-0.15, -0.1) is 0 Å². The molecular formula is C15H18N4O3S. The Morgan fingerprint density at radius 2 is 1.87 bits per heavy atom. The molecule has 0 bridgehead atoms. The van der Waals surface area contributed by atoms with Crippen molar-refractivity contribution < 1.29 is 13.2 Å². The minimum absolute atomic E-state index is 0.00207. The molecule has 0 saturated carbocycles. The van der Waals surface area contributed by atoms with Crippen LogP contribution in [0.1, 0.15) is 17.8 Å². The van der Waals surface area contributed by atoms with Crippen molar-refractivity contribution in [1.29, 1.82) is 0 Å². The zero-order valence-corrected chi connectivity index (χ0v) is 13.8. The number of urea groups is 1. The van der Waals surface area contributed by atoms with Crippen molar-refractivity contribution in [3.63, 3.8) is 0 Å². The summed E-state index contributed by atoms with van der Waals surface area (Å²) in [6.45, 7) is 3.78. The van der Waals surface area contributed by atoms with Crippen molar-refractivity contribution in [3.05, 3.63) is 29.6 Å². The molecule has 2 N–H and O–H groups in total. The van der Waals surface area contributed by atoms with Gasteiger partial charge < -0.3 is 10.6 Å². The number of carbonyl (C=O) groups excluding carboxylic acids is 1. The van der Waals surface area contributed by atoms with Crippen LogP contribution in [-0.4, -0.2) is 42.0 Å². The molecule has 1 unspecified atom stereocenters. The van der Waals surface area contributed by atoms with Crippen molar-refractivity contribution in [2.24, 2.45) is 0 Å². The molecule has 122 valence electrons. The number of nitrogens with one attached hydrogen (secondary N) is 2. The van der Waals surface area contributed by atoms with E-state index >= 15 is 0 Å². The first kappa shape index (κ1) is 15.7. The van der Waals surface area contributed by atoms with Gasteiger partial charge in [-0.05, 0) is 38.5 Å². The second-order valence-corrected chi connectivity index (χ2v) is 8.03. The minimum atomic E-state index is -3.01. The first-order valence-corrected chi connectivity index (χ1v) is 9.17. The number of sulfone groups is 1. The van der Waals surface area contributed by atoms with E-state index in [2.05, 4.69) is 20.6 Å². The third kappa shape index (κ3) is 3.58. The number of benzene rings is 1. The first-order chi connectivity index (χ1) is 10.8. The second-order valence-electron chi connectivity index (χ2n) is 5.80. The molecule has 0 spiro atoms. The summed E-state index contributed by atoms with van der Waals surface area (Å²) in [4.78, 5) is 20.9. The standard InChI is InChI=1S/C15H18N4O3S/c1-9-10(2)17-14-7-11(3-4-13(14)16-9)18-15(20)19-12-5-6-23(21,22)8-12/h3-4,7,12H,5-6,8H2,1-2H3,(H2,18,19,20). The van der Waals surface area contributed by atoms with Crippen LogP contribution in [0, 0.1) is 13.8 Å². The van der Waals surface area contributed by atoms with E-state index in [1.807, 2.05) is 13.8 Å². The van der Waals surface area contributed by atoms with Crippen molar-refractivity contribution in [2.45, 2.75) is 26.3 Å². The predicted molar refractivity (Wildman–Crippen MR) is 88.2 cm³/mol. The number of anilines is 1. The van der Waals surface area contributed by atoms with Crippen LogP contribution in [0.4, 0.5) is 10.5 Å². The van der Waals surface area contributed by atoms with Crippen molar-refractivity contribution in [2.75, 3.05) is 16.8 Å². The number of aromatic nitrogens is 2. The third-order valence-electron chi connectivity index (χ3n) is 3.90. The van der Waals surface area contributed by atoms with Crippen LogP contribution < -0.4 is 10.6 Å². The molecule has 0 aliphatic carbocycles. The quantitative estimate of drug-likeness (QED) is 0.868. The molecule has 1 aliphatic rings. The molecule has 1 aromatic carbocycles. The number of aryl methyl sites for hydroxylation is 2. The number of rotatable bonds is 2. The highest BCUT2D eigenvalue weighted by Gasteiger charge is 2.28. The SMILES string of the molecule is Cc1nc2ccc(NC(=O)NC3CCS(=O)(=O)C3)cc2nc1C. The Bertz CT molecular complexity index is 880. The highest BCUT2D eigenvalue weighted by atomic mass is 32.2. The van der Waals surface area contributed by atoms with Crippen molar-refractivity contribution in [1.82, 2.24) is 15.3 Å². The van der Waals surface area contributed by atoms with Crippen LogP contribution in [0.25, 0.3) is 11.0 Å². The summed E-state index contributed by atoms with van der Waals surface area (Å²) >= 11 is 0. The van der Waals surface area contributed by atoms with Crippen LogP contribution in [0.15, 0.2) is 18.2 Å². The van der Waals surface area contributed by atoms with Gasteiger partial charge in [-0.3, -0.25) is 0 Å². The lowest BCUT2D eigenvalue weighted by Gasteiger charge is -2.12. The first-order valence-electron chi connectivity index (χ1n) is 7.35. The van der Waals surface area contributed by atoms with Crippen LogP contribution in [0.3, 0.4) is 0 Å². The Labute approximate surface area is 134 Å². The Morgan fingerprint density at radius 3 is 2.52 bits per heavy atom. The zero-order valence-electron chi connectivity index (χ0n) is 13.0. The van der Waals surface area contributed by atoms with E-state index in [1.54, 1.807) is 18.2 Å². The smallest absolute Gasteiger partial charge is 0.319 e. The molecule has 1 fully saturated rings. The van der Waals surface area contributed by atoms with Crippen LogP contribution in [-0.2, 0) is 9.84 Å². The van der Waals surface area contributed by atoms with Gasteiger partial charge in [0.1, 0.15) is 0 Å². The molecule has 1 saturated heterocycles. The summed E-state index contributed by atoms with van der Waals surface area (Å²) in [5.74, 6) is 0.129. The second kappa shape index (κ2) is 5.77. The average molecular weight is 334 g/mol. The molecule has 1 aliphatic heterocycles. The Balaban J connectivity index is 1.71. The van der Waals surface area contributed by atoms with Gasteiger partial charge in [-0.25, -0.2) is 23.2 Å². The Hall–Kier alpha value is -2.22. The van der Waals surface area contributed by atoms with Crippen LogP contribution in [0.5, 0.6) is 0 Å². The molecule has 8 heteroatoms. The number of hydrogen-bond donors (Lipinski definition) is 2. The fourth-order valence-electron chi connectivity index (χ4n) is 2.57. The van der Waals surface area contributed by atoms with Crippen molar-refractivity contribution in [3.8, 4) is 0 Å². The van der Waals surface area contributed by atoms with Crippen LogP contribution >= 0.6 is 0 Å². The van der Waals surface area contributed by atoms with Crippen molar-refractivity contribution >= 4 is 32.6 Å². The number of carbonyl (C=O) groups is 1. The molecule has 1 aromatic heterocycles. The van der Waals surface area contributed by atoms with Gasteiger partial charge in [-0.2, -0.15) is 0 Å². The predicted octanol–water partition coefficient (Wildman–Crippen LogP) is 1.56. The van der Waals surface area contributed by atoms with Crippen LogP contribution in [0.2, 0.25) is 0 Å². The summed E-state index contributed by atoms with van der Waals surface area (Å²) in [5.41, 5.74) is 3.78. The fraction of sp³-hybridized carbons (Fsp3) is 0.400. The van der Waals surface area contributed by atoms with Gasteiger partial charge in [0.05, 0.1) is 33.9 Å². The summed E-state index contributed by atoms with van der Waals surface area (Å²) < 4.78 is 22.8. The molecule has 1 atom stereocenters. The maximum Gasteiger partial charge on any atom is 0.319 e. The number of amides is 2. The minimum Gasteiger partial charge on any atom is -0.334 e.